The summed E-state index contributed by atoms with van der Waals surface area (Å²) in [6.07, 6.45) is 7.43. The molecule has 180 valence electrons. The zero-order chi connectivity index (χ0) is 24.3. The number of nitrogens with zero attached hydrogens (tertiary/aromatic N) is 3. The van der Waals surface area contributed by atoms with Crippen molar-refractivity contribution in [3.05, 3.63) is 24.3 Å². The average molecular weight is 457 g/mol. The number of aromatic nitrogens is 2. The second-order valence-electron chi connectivity index (χ2n) is 10.2. The van der Waals surface area contributed by atoms with Crippen LogP contribution in [0.25, 0.3) is 0 Å². The lowest BCUT2D eigenvalue weighted by atomic mass is 9.88. The largest absolute Gasteiger partial charge is 0.344 e. The summed E-state index contributed by atoms with van der Waals surface area (Å²) in [5.74, 6) is -1.04. The van der Waals surface area contributed by atoms with Gasteiger partial charge < -0.3 is 10.2 Å². The van der Waals surface area contributed by atoms with E-state index in [2.05, 4.69) is 15.3 Å². The molecule has 33 heavy (non-hydrogen) atoms. The van der Waals surface area contributed by atoms with Crippen molar-refractivity contribution in [3.63, 3.8) is 0 Å². The summed E-state index contributed by atoms with van der Waals surface area (Å²) in [5, 5.41) is 2.93. The van der Waals surface area contributed by atoms with E-state index in [9.17, 15) is 19.2 Å². The van der Waals surface area contributed by atoms with Gasteiger partial charge in [-0.25, -0.2) is 4.98 Å². The number of hydrogen-bond donors (Lipinski definition) is 1. The predicted octanol–water partition coefficient (Wildman–Crippen LogP) is 2.68. The second-order valence-corrected chi connectivity index (χ2v) is 10.2. The van der Waals surface area contributed by atoms with Crippen molar-refractivity contribution < 1.29 is 19.2 Å². The predicted molar refractivity (Wildman–Crippen MR) is 123 cm³/mol. The maximum Gasteiger partial charge on any atom is 0.246 e. The van der Waals surface area contributed by atoms with Gasteiger partial charge >= 0.3 is 0 Å². The molecule has 2 heterocycles. The SMILES string of the molecule is CC(=O)C1[C@H]2CCC[C@H]2CN1C(=O)[C@@H](NC(=O)[C@@H](CC(=O)c1cnccn1)C(C)C)C(C)C. The number of Topliss-reactive ketones (excluding diaryl/α,β-unsaturated/α-hetero) is 2. The van der Waals surface area contributed by atoms with Gasteiger partial charge in [0.05, 0.1) is 12.2 Å². The Morgan fingerprint density at radius 2 is 1.82 bits per heavy atom. The Morgan fingerprint density at radius 3 is 2.39 bits per heavy atom. The molecule has 1 aromatic heterocycles. The van der Waals surface area contributed by atoms with Crippen molar-refractivity contribution in [2.45, 2.75) is 72.4 Å². The van der Waals surface area contributed by atoms with Crippen LogP contribution in [0.1, 0.15) is 70.8 Å². The normalized spacial score (nSPS) is 24.0. The van der Waals surface area contributed by atoms with Crippen LogP contribution in [0.2, 0.25) is 0 Å². The third-order valence-corrected chi connectivity index (χ3v) is 7.22. The van der Waals surface area contributed by atoms with E-state index in [0.717, 1.165) is 19.3 Å². The molecular weight excluding hydrogens is 420 g/mol. The maximum absolute atomic E-state index is 13.6. The van der Waals surface area contributed by atoms with Gasteiger partial charge in [0.1, 0.15) is 11.7 Å². The van der Waals surface area contributed by atoms with Gasteiger partial charge in [0.15, 0.2) is 11.6 Å². The number of carbonyl (C=O) groups is 4. The van der Waals surface area contributed by atoms with E-state index in [1.165, 1.54) is 18.6 Å². The van der Waals surface area contributed by atoms with Crippen LogP contribution in [-0.2, 0) is 14.4 Å². The summed E-state index contributed by atoms with van der Waals surface area (Å²) in [4.78, 5) is 61.6. The first-order valence-electron chi connectivity index (χ1n) is 12.0. The van der Waals surface area contributed by atoms with Gasteiger partial charge in [-0.1, -0.05) is 34.1 Å². The first-order valence-corrected chi connectivity index (χ1v) is 12.0. The van der Waals surface area contributed by atoms with Crippen LogP contribution >= 0.6 is 0 Å². The lowest BCUT2D eigenvalue weighted by Crippen LogP contribution is -2.55. The van der Waals surface area contributed by atoms with Crippen molar-refractivity contribution in [2.24, 2.45) is 29.6 Å². The lowest BCUT2D eigenvalue weighted by molar-refractivity contribution is -0.143. The molecule has 8 nitrogen and oxygen atoms in total. The van der Waals surface area contributed by atoms with Crippen molar-refractivity contribution in [3.8, 4) is 0 Å². The number of nitrogens with one attached hydrogen (secondary N) is 1. The highest BCUT2D eigenvalue weighted by molar-refractivity contribution is 5.98. The Morgan fingerprint density at radius 1 is 1.09 bits per heavy atom. The number of ketones is 2. The van der Waals surface area contributed by atoms with E-state index in [1.54, 1.807) is 11.8 Å². The molecule has 0 aromatic carbocycles. The number of rotatable bonds is 9. The highest BCUT2D eigenvalue weighted by Gasteiger charge is 2.49. The van der Waals surface area contributed by atoms with E-state index in [0.29, 0.717) is 12.5 Å². The van der Waals surface area contributed by atoms with Crippen molar-refractivity contribution in [2.75, 3.05) is 6.54 Å². The topological polar surface area (TPSA) is 109 Å². The van der Waals surface area contributed by atoms with Gasteiger partial charge in [-0.3, -0.25) is 24.2 Å². The molecule has 3 rings (SSSR count). The van der Waals surface area contributed by atoms with Gasteiger partial charge in [-0.15, -0.1) is 0 Å². The molecule has 0 spiro atoms. The van der Waals surface area contributed by atoms with Crippen LogP contribution in [0.15, 0.2) is 18.6 Å². The molecule has 1 aliphatic carbocycles. The summed E-state index contributed by atoms with van der Waals surface area (Å²) in [7, 11) is 0. The second kappa shape index (κ2) is 10.5. The molecule has 5 atom stereocenters. The van der Waals surface area contributed by atoms with Gasteiger partial charge in [0, 0.05) is 31.3 Å². The Kier molecular flexibility index (Phi) is 7.97. The maximum atomic E-state index is 13.6. The summed E-state index contributed by atoms with van der Waals surface area (Å²) < 4.78 is 0. The average Bonchev–Trinajstić information content (AvgIpc) is 3.36. The fourth-order valence-electron chi connectivity index (χ4n) is 5.38. The minimum Gasteiger partial charge on any atom is -0.344 e. The first-order chi connectivity index (χ1) is 15.6. The van der Waals surface area contributed by atoms with Gasteiger partial charge in [-0.05, 0) is 43.4 Å². The number of amides is 2. The molecule has 0 bridgehead atoms. The number of hydrogen-bond acceptors (Lipinski definition) is 6. The minimum atomic E-state index is -0.744. The molecule has 2 aliphatic rings. The molecule has 1 saturated heterocycles. The molecule has 0 radical (unpaired) electrons. The fourth-order valence-corrected chi connectivity index (χ4v) is 5.38. The molecule has 2 fully saturated rings. The van der Waals surface area contributed by atoms with Crippen LogP contribution in [0, 0.1) is 29.6 Å². The summed E-state index contributed by atoms with van der Waals surface area (Å²) >= 11 is 0. The summed E-state index contributed by atoms with van der Waals surface area (Å²) in [6.45, 7) is 9.67. The molecule has 8 heteroatoms. The van der Waals surface area contributed by atoms with Crippen LogP contribution in [0.5, 0.6) is 0 Å². The van der Waals surface area contributed by atoms with E-state index in [-0.39, 0.29) is 53.2 Å². The first kappa shape index (κ1) is 25.0. The van der Waals surface area contributed by atoms with Crippen LogP contribution in [-0.4, -0.2) is 56.9 Å². The zero-order valence-corrected chi connectivity index (χ0v) is 20.3. The summed E-state index contributed by atoms with van der Waals surface area (Å²) in [6, 6.07) is -1.15. The molecule has 1 aromatic rings. The van der Waals surface area contributed by atoms with E-state index in [4.69, 9.17) is 0 Å². The highest BCUT2D eigenvalue weighted by atomic mass is 16.2. The van der Waals surface area contributed by atoms with Gasteiger partial charge in [0.25, 0.3) is 0 Å². The Labute approximate surface area is 195 Å². The van der Waals surface area contributed by atoms with Crippen LogP contribution in [0.3, 0.4) is 0 Å². The monoisotopic (exact) mass is 456 g/mol. The Balaban J connectivity index is 1.74. The molecule has 2 amide bonds. The number of carbonyl (C=O) groups excluding carboxylic acids is 4. The highest BCUT2D eigenvalue weighted by Crippen LogP contribution is 2.42. The van der Waals surface area contributed by atoms with Gasteiger partial charge in [-0.2, -0.15) is 0 Å². The van der Waals surface area contributed by atoms with E-state index < -0.39 is 18.0 Å². The van der Waals surface area contributed by atoms with Crippen molar-refractivity contribution in [1.29, 1.82) is 0 Å². The minimum absolute atomic E-state index is 0.00880. The zero-order valence-electron chi connectivity index (χ0n) is 20.3. The molecule has 1 N–H and O–H groups in total. The lowest BCUT2D eigenvalue weighted by Gasteiger charge is -2.32. The van der Waals surface area contributed by atoms with E-state index >= 15 is 0 Å². The fraction of sp³-hybridized carbons (Fsp3) is 0.680. The van der Waals surface area contributed by atoms with Crippen LogP contribution in [0.4, 0.5) is 0 Å². The molecule has 1 saturated carbocycles. The third-order valence-electron chi connectivity index (χ3n) is 7.22. The van der Waals surface area contributed by atoms with Crippen molar-refractivity contribution in [1.82, 2.24) is 20.2 Å². The molecular formula is C25H36N4O4. The smallest absolute Gasteiger partial charge is 0.246 e. The quantitative estimate of drug-likeness (QED) is 0.572. The Hall–Kier alpha value is -2.64. The number of likely N-dealkylation sites (tertiary alicyclic amines) is 1. The number of fused-ring (bicyclic) bond motifs is 1. The standard InChI is InChI=1S/C25H36N4O4/c1-14(2)19(11-21(31)20-12-26-9-10-27-20)24(32)28-22(15(3)4)25(33)29-13-17-7-6-8-18(17)23(29)16(5)30/h9-10,12,14-15,17-19,22-23H,6-8,11,13H2,1-5H3,(H,28,32)/t17-,18-,19-,22-,23?/m0/s1. The third kappa shape index (κ3) is 5.47. The molecule has 1 unspecified atom stereocenters. The Bertz CT molecular complexity index is 886. The van der Waals surface area contributed by atoms with Gasteiger partial charge in [0.2, 0.25) is 11.8 Å². The van der Waals surface area contributed by atoms with E-state index in [1.807, 2.05) is 27.7 Å². The summed E-state index contributed by atoms with van der Waals surface area (Å²) in [5.41, 5.74) is 0.223. The molecule has 1 aliphatic heterocycles. The van der Waals surface area contributed by atoms with Crippen molar-refractivity contribution >= 4 is 23.4 Å². The van der Waals surface area contributed by atoms with Crippen LogP contribution < -0.4 is 5.32 Å².